The Morgan fingerprint density at radius 3 is 2.44 bits per heavy atom. The molecule has 1 aromatic rings. The summed E-state index contributed by atoms with van der Waals surface area (Å²) in [7, 11) is 0. The molecular formula is C13H17Cl2F. The molecule has 1 aromatic carbocycles. The van der Waals surface area contributed by atoms with Gasteiger partial charge in [0.15, 0.2) is 0 Å². The fourth-order valence-corrected chi connectivity index (χ4v) is 1.73. The highest BCUT2D eigenvalue weighted by Gasteiger charge is 2.21. The summed E-state index contributed by atoms with van der Waals surface area (Å²) in [4.78, 5) is 0. The van der Waals surface area contributed by atoms with Crippen molar-refractivity contribution in [2.75, 3.05) is 0 Å². The maximum absolute atomic E-state index is 12.9. The lowest BCUT2D eigenvalue weighted by Crippen LogP contribution is -2.21. The average Bonchev–Trinajstić information content (AvgIpc) is 2.18. The van der Waals surface area contributed by atoms with Crippen LogP contribution in [-0.4, -0.2) is 5.38 Å². The van der Waals surface area contributed by atoms with E-state index in [2.05, 4.69) is 20.8 Å². The van der Waals surface area contributed by atoms with Crippen LogP contribution in [0, 0.1) is 11.2 Å². The van der Waals surface area contributed by atoms with Gasteiger partial charge in [-0.05, 0) is 36.0 Å². The van der Waals surface area contributed by atoms with Gasteiger partial charge in [-0.2, -0.15) is 0 Å². The van der Waals surface area contributed by atoms with Crippen LogP contribution in [0.1, 0.15) is 32.8 Å². The van der Waals surface area contributed by atoms with E-state index in [1.54, 1.807) is 12.1 Å². The molecule has 0 saturated heterocycles. The fourth-order valence-electron chi connectivity index (χ4n) is 1.42. The Kier molecular flexibility index (Phi) is 4.63. The van der Waals surface area contributed by atoms with Crippen LogP contribution in [-0.2, 0) is 6.42 Å². The highest BCUT2D eigenvalue weighted by atomic mass is 35.5. The zero-order valence-electron chi connectivity index (χ0n) is 9.86. The molecule has 0 bridgehead atoms. The predicted octanol–water partition coefficient (Wildman–Crippen LogP) is 5.07. The van der Waals surface area contributed by atoms with Crippen LogP contribution >= 0.6 is 23.2 Å². The molecule has 16 heavy (non-hydrogen) atoms. The minimum absolute atomic E-state index is 0.0887. The molecule has 0 N–H and O–H groups in total. The van der Waals surface area contributed by atoms with E-state index in [1.165, 1.54) is 6.07 Å². The molecule has 1 atom stereocenters. The van der Waals surface area contributed by atoms with E-state index in [4.69, 9.17) is 23.2 Å². The van der Waals surface area contributed by atoms with Crippen molar-refractivity contribution < 1.29 is 4.39 Å². The lowest BCUT2D eigenvalue weighted by Gasteiger charge is -2.25. The molecule has 0 nitrogen and oxygen atoms in total. The third kappa shape index (κ3) is 3.95. The molecular weight excluding hydrogens is 246 g/mol. The van der Waals surface area contributed by atoms with Gasteiger partial charge in [0.1, 0.15) is 5.82 Å². The third-order valence-corrected chi connectivity index (χ3v) is 3.77. The largest absolute Gasteiger partial charge is 0.205 e. The maximum Gasteiger partial charge on any atom is 0.141 e. The third-order valence-electron chi connectivity index (χ3n) is 2.61. The molecule has 0 aliphatic heterocycles. The number of alkyl halides is 1. The molecule has 0 fully saturated rings. The van der Waals surface area contributed by atoms with Gasteiger partial charge in [-0.1, -0.05) is 38.4 Å². The van der Waals surface area contributed by atoms with Crippen molar-refractivity contribution in [1.82, 2.24) is 0 Å². The topological polar surface area (TPSA) is 0 Å². The summed E-state index contributed by atoms with van der Waals surface area (Å²) < 4.78 is 12.9. The lowest BCUT2D eigenvalue weighted by molar-refractivity contribution is 0.374. The molecule has 0 radical (unpaired) electrons. The van der Waals surface area contributed by atoms with Crippen molar-refractivity contribution in [2.45, 2.75) is 39.0 Å². The second-order valence-corrected chi connectivity index (χ2v) is 6.05. The van der Waals surface area contributed by atoms with E-state index in [9.17, 15) is 4.39 Å². The van der Waals surface area contributed by atoms with E-state index in [0.717, 1.165) is 18.4 Å². The maximum atomic E-state index is 12.9. The molecule has 1 unspecified atom stereocenters. The number of hydrogen-bond donors (Lipinski definition) is 0. The fraction of sp³-hybridized carbons (Fsp3) is 0.538. The van der Waals surface area contributed by atoms with Crippen LogP contribution in [0.2, 0.25) is 5.02 Å². The summed E-state index contributed by atoms with van der Waals surface area (Å²) in [5, 5.41) is 0.288. The summed E-state index contributed by atoms with van der Waals surface area (Å²) in [6.07, 6.45) is 1.69. The summed E-state index contributed by atoms with van der Waals surface area (Å²) in [5.41, 5.74) is 1.12. The van der Waals surface area contributed by atoms with Crippen molar-refractivity contribution >= 4 is 23.2 Å². The molecule has 0 aliphatic carbocycles. The molecule has 1 rings (SSSR count). The monoisotopic (exact) mass is 262 g/mol. The summed E-state index contributed by atoms with van der Waals surface area (Å²) in [6, 6.07) is 4.83. The Balaban J connectivity index is 2.58. The molecule has 0 spiro atoms. The Hall–Kier alpha value is -0.270. The van der Waals surface area contributed by atoms with Crippen LogP contribution in [0.5, 0.6) is 0 Å². The van der Waals surface area contributed by atoms with Crippen LogP contribution in [0.25, 0.3) is 0 Å². The number of rotatable bonds is 3. The van der Waals surface area contributed by atoms with Gasteiger partial charge >= 0.3 is 0 Å². The van der Waals surface area contributed by atoms with E-state index >= 15 is 0 Å². The van der Waals surface area contributed by atoms with Gasteiger partial charge in [0.2, 0.25) is 0 Å². The van der Waals surface area contributed by atoms with E-state index in [0.29, 0.717) is 0 Å². The van der Waals surface area contributed by atoms with Gasteiger partial charge in [0, 0.05) is 5.38 Å². The van der Waals surface area contributed by atoms with Crippen LogP contribution in [0.3, 0.4) is 0 Å². The molecule has 0 heterocycles. The van der Waals surface area contributed by atoms with Crippen LogP contribution in [0.4, 0.5) is 4.39 Å². The number of hydrogen-bond acceptors (Lipinski definition) is 0. The zero-order valence-corrected chi connectivity index (χ0v) is 11.4. The van der Waals surface area contributed by atoms with Gasteiger partial charge < -0.3 is 0 Å². The number of halogens is 3. The Bertz CT molecular complexity index is 355. The summed E-state index contributed by atoms with van der Waals surface area (Å²) >= 11 is 12.0. The second kappa shape index (κ2) is 5.37. The molecule has 0 aromatic heterocycles. The zero-order chi connectivity index (χ0) is 12.3. The average molecular weight is 263 g/mol. The first-order chi connectivity index (χ1) is 7.30. The molecule has 3 heteroatoms. The van der Waals surface area contributed by atoms with Crippen LogP contribution in [0.15, 0.2) is 18.2 Å². The first-order valence-electron chi connectivity index (χ1n) is 5.38. The molecule has 0 aliphatic rings. The van der Waals surface area contributed by atoms with Gasteiger partial charge in [0.05, 0.1) is 5.02 Å². The SMILES string of the molecule is CC(C)(C)C(Cl)CCc1ccc(F)c(Cl)c1. The Labute approximate surface area is 107 Å². The quantitative estimate of drug-likeness (QED) is 0.668. The standard InChI is InChI=1S/C13H17Cl2F/c1-13(2,3)12(15)7-5-9-4-6-11(16)10(14)8-9/h4,6,8,12H,5,7H2,1-3H3. The number of aryl methyl sites for hydroxylation is 1. The Morgan fingerprint density at radius 1 is 1.31 bits per heavy atom. The first kappa shape index (κ1) is 13.8. The number of benzene rings is 1. The first-order valence-corrected chi connectivity index (χ1v) is 6.20. The second-order valence-electron chi connectivity index (χ2n) is 5.12. The smallest absolute Gasteiger partial charge is 0.141 e. The summed E-state index contributed by atoms with van der Waals surface area (Å²) in [5.74, 6) is -0.372. The van der Waals surface area contributed by atoms with Crippen LogP contribution < -0.4 is 0 Å². The Morgan fingerprint density at radius 2 is 1.94 bits per heavy atom. The highest BCUT2D eigenvalue weighted by molar-refractivity contribution is 6.30. The van der Waals surface area contributed by atoms with Crippen molar-refractivity contribution in [3.63, 3.8) is 0 Å². The van der Waals surface area contributed by atoms with Gasteiger partial charge in [-0.3, -0.25) is 0 Å². The highest BCUT2D eigenvalue weighted by Crippen LogP contribution is 2.28. The minimum atomic E-state index is -0.372. The van der Waals surface area contributed by atoms with Gasteiger partial charge in [-0.25, -0.2) is 4.39 Å². The molecule has 0 amide bonds. The van der Waals surface area contributed by atoms with Crippen molar-refractivity contribution in [3.8, 4) is 0 Å². The lowest BCUT2D eigenvalue weighted by atomic mass is 9.88. The van der Waals surface area contributed by atoms with Crippen molar-refractivity contribution in [1.29, 1.82) is 0 Å². The normalized spacial score (nSPS) is 13.9. The molecule has 0 saturated carbocycles. The minimum Gasteiger partial charge on any atom is -0.205 e. The predicted molar refractivity (Wildman–Crippen MR) is 68.8 cm³/mol. The van der Waals surface area contributed by atoms with E-state index < -0.39 is 0 Å². The van der Waals surface area contributed by atoms with E-state index in [-0.39, 0.29) is 21.6 Å². The molecule has 90 valence electrons. The summed E-state index contributed by atoms with van der Waals surface area (Å²) in [6.45, 7) is 6.34. The van der Waals surface area contributed by atoms with Gasteiger partial charge in [-0.15, -0.1) is 11.6 Å². The van der Waals surface area contributed by atoms with Gasteiger partial charge in [0.25, 0.3) is 0 Å². The van der Waals surface area contributed by atoms with E-state index in [1.807, 2.05) is 0 Å². The van der Waals surface area contributed by atoms with Crippen molar-refractivity contribution in [3.05, 3.63) is 34.6 Å². The van der Waals surface area contributed by atoms with Crippen molar-refractivity contribution in [2.24, 2.45) is 5.41 Å².